The van der Waals surface area contributed by atoms with Crippen LogP contribution in [0, 0.1) is 6.92 Å². The lowest BCUT2D eigenvalue weighted by molar-refractivity contribution is 0.0515. The topological polar surface area (TPSA) is 186 Å². The number of phenols is 2. The van der Waals surface area contributed by atoms with Crippen molar-refractivity contribution in [2.45, 2.75) is 223 Å². The molecule has 0 radical (unpaired) electrons. The van der Waals surface area contributed by atoms with Crippen LogP contribution >= 0.6 is 0 Å². The van der Waals surface area contributed by atoms with Crippen LogP contribution in [0.15, 0.2) is 53.5 Å². The van der Waals surface area contributed by atoms with Gasteiger partial charge >= 0.3 is 18.3 Å². The molecule has 442 valence electrons. The number of guanidine groups is 1. The van der Waals surface area contributed by atoms with Crippen molar-refractivity contribution in [2.75, 3.05) is 26.3 Å². The molecule has 80 heavy (non-hydrogen) atoms. The summed E-state index contributed by atoms with van der Waals surface area (Å²) in [5, 5.41) is 33.0. The van der Waals surface area contributed by atoms with E-state index in [1.165, 1.54) is 0 Å². The molecule has 5 N–H and O–H groups in total. The van der Waals surface area contributed by atoms with E-state index in [0.29, 0.717) is 48.3 Å². The summed E-state index contributed by atoms with van der Waals surface area (Å²) in [6.45, 7) is 46.4. The average molecular weight is 1110 g/mol. The Labute approximate surface area is 479 Å². The number of aliphatic imine (C=N–C) groups is 1. The van der Waals surface area contributed by atoms with Crippen LogP contribution in [0.3, 0.4) is 0 Å². The zero-order chi connectivity index (χ0) is 60.7. The van der Waals surface area contributed by atoms with Gasteiger partial charge in [-0.2, -0.15) is 0 Å². The minimum atomic E-state index is -0.893. The number of alkyl carbamates (subject to hydrolysis) is 2. The molecule has 14 heteroatoms. The van der Waals surface area contributed by atoms with Crippen molar-refractivity contribution in [1.29, 1.82) is 0 Å². The molecule has 3 amide bonds. The van der Waals surface area contributed by atoms with Crippen LogP contribution in [0.5, 0.6) is 23.0 Å². The Morgan fingerprint density at radius 2 is 0.787 bits per heavy atom. The maximum absolute atomic E-state index is 12.8. The van der Waals surface area contributed by atoms with E-state index in [1.807, 2.05) is 27.7 Å². The van der Waals surface area contributed by atoms with Crippen molar-refractivity contribution in [3.05, 3.63) is 115 Å². The normalized spacial score (nSPS) is 12.9. The molecule has 4 aromatic rings. The third kappa shape index (κ3) is 20.3. The van der Waals surface area contributed by atoms with Gasteiger partial charge in [0.05, 0.1) is 13.1 Å². The zero-order valence-electron chi connectivity index (χ0n) is 52.9. The number of rotatable bonds is 15. The zero-order valence-corrected chi connectivity index (χ0v) is 52.9. The van der Waals surface area contributed by atoms with Gasteiger partial charge in [-0.05, 0) is 164 Å². The van der Waals surface area contributed by atoms with Crippen LogP contribution in [0.2, 0.25) is 0 Å². The first-order valence-electron chi connectivity index (χ1n) is 28.2. The number of amides is 3. The molecule has 0 fully saturated rings. The summed E-state index contributed by atoms with van der Waals surface area (Å²) >= 11 is 0. The number of aryl methyl sites for hydroxylation is 2. The Morgan fingerprint density at radius 1 is 0.450 bits per heavy atom. The first-order valence-corrected chi connectivity index (χ1v) is 28.2. The Bertz CT molecular complexity index is 2870. The van der Waals surface area contributed by atoms with E-state index < -0.39 is 35.1 Å². The van der Waals surface area contributed by atoms with Gasteiger partial charge in [-0.3, -0.25) is 5.32 Å². The summed E-state index contributed by atoms with van der Waals surface area (Å²) in [5.41, 5.74) is 7.54. The van der Waals surface area contributed by atoms with Crippen molar-refractivity contribution in [2.24, 2.45) is 4.99 Å². The number of hydrogen-bond acceptors (Lipinski definition) is 10. The second kappa shape index (κ2) is 25.6. The number of ether oxygens (including phenoxy) is 5. The SMILES string of the molecule is CCc1cc(C(C)(C)C)cc(Cc2cc(C(C)(C)C)cc(Cc3cc(C(C)(C)C)cc(Cc4cc(C(C)(C)C)cc(C)c4OCCN/C(=N/C(=O)OC(C)(C)C)NC(=O)OC(C)(C)C)c3O)c2OCCNC(=O)OC(C)(C)C)c1O. The molecular formula is C66H98N4O10. The minimum absolute atomic E-state index is 0.103. The molecule has 4 rings (SSSR count). The smallest absolute Gasteiger partial charge is 0.437 e. The number of benzene rings is 4. The van der Waals surface area contributed by atoms with E-state index in [4.69, 9.17) is 23.7 Å². The van der Waals surface area contributed by atoms with Gasteiger partial charge in [0.15, 0.2) is 0 Å². The largest absolute Gasteiger partial charge is 0.507 e. The van der Waals surface area contributed by atoms with Gasteiger partial charge < -0.3 is 44.5 Å². The number of nitrogens with zero attached hydrogens (tertiary/aromatic N) is 1. The molecule has 0 spiro atoms. The molecule has 0 aliphatic carbocycles. The number of phenolic OH excluding ortho intramolecular Hbond substituents is 2. The number of hydrogen-bond donors (Lipinski definition) is 5. The lowest BCUT2D eigenvalue weighted by atomic mass is 9.80. The lowest BCUT2D eigenvalue weighted by Crippen LogP contribution is -2.45. The molecule has 14 nitrogen and oxygen atoms in total. The lowest BCUT2D eigenvalue weighted by Gasteiger charge is -2.27. The van der Waals surface area contributed by atoms with Crippen LogP contribution in [-0.4, -0.2) is 77.6 Å². The standard InChI is InChI=1S/C66H98N4O10/c1-24-41-33-49(61(6,7)8)34-42(52(41)71)31-46-38-51(63(12,13)14)39-47(55(46)77-28-26-68-57(73)78-64(15,16)17)32-44-36-50(62(9,10)11)35-43(53(44)72)30-45-37-48(60(3,4)5)29-40(2)54(45)76-27-25-67-56(69-58(74)79-65(18,19)20)70-59(75)80-66(21,22)23/h29,33-39,71-72H,24-28,30-32H2,1-23H3,(H,68,73)(H2,67,69,70,74,75). The fourth-order valence-electron chi connectivity index (χ4n) is 8.76. The first-order chi connectivity index (χ1) is 36.4. The number of nitrogens with one attached hydrogen (secondary N) is 3. The van der Waals surface area contributed by atoms with E-state index in [0.717, 1.165) is 55.6 Å². The molecule has 0 aromatic heterocycles. The van der Waals surface area contributed by atoms with Crippen molar-refractivity contribution < 1.29 is 48.3 Å². The van der Waals surface area contributed by atoms with E-state index in [1.54, 1.807) is 41.5 Å². The number of carbonyl (C=O) groups excluding carboxylic acids is 3. The molecule has 0 bridgehead atoms. The summed E-state index contributed by atoms with van der Waals surface area (Å²) in [6.07, 6.45) is -0.593. The summed E-state index contributed by atoms with van der Waals surface area (Å²) in [6, 6.07) is 17.0. The second-order valence-corrected chi connectivity index (χ2v) is 28.2. The maximum Gasteiger partial charge on any atom is 0.437 e. The van der Waals surface area contributed by atoms with Gasteiger partial charge in [-0.1, -0.05) is 139 Å². The fourth-order valence-corrected chi connectivity index (χ4v) is 8.76. The fraction of sp³-hybridized carbons (Fsp3) is 0.576. The Balaban J connectivity index is 1.89. The quantitative estimate of drug-likeness (QED) is 0.0330. The summed E-state index contributed by atoms with van der Waals surface area (Å²) < 4.78 is 29.8. The van der Waals surface area contributed by atoms with Crippen molar-refractivity contribution in [3.8, 4) is 23.0 Å². The van der Waals surface area contributed by atoms with Crippen molar-refractivity contribution >= 4 is 24.2 Å². The first kappa shape index (κ1) is 66.1. The predicted molar refractivity (Wildman–Crippen MR) is 323 cm³/mol. The van der Waals surface area contributed by atoms with Crippen LogP contribution in [0.1, 0.15) is 219 Å². The predicted octanol–water partition coefficient (Wildman–Crippen LogP) is 14.6. The van der Waals surface area contributed by atoms with Gasteiger partial charge in [0.1, 0.15) is 53.0 Å². The van der Waals surface area contributed by atoms with Gasteiger partial charge in [0.25, 0.3) is 0 Å². The third-order valence-corrected chi connectivity index (χ3v) is 13.0. The van der Waals surface area contributed by atoms with Gasteiger partial charge in [0.2, 0.25) is 5.96 Å². The molecule has 4 aromatic carbocycles. The molecule has 0 saturated heterocycles. The van der Waals surface area contributed by atoms with E-state index in [2.05, 4.69) is 159 Å². The molecule has 0 unspecified atom stereocenters. The van der Waals surface area contributed by atoms with Gasteiger partial charge in [-0.25, -0.2) is 14.4 Å². The molecule has 0 saturated carbocycles. The van der Waals surface area contributed by atoms with Crippen molar-refractivity contribution in [1.82, 2.24) is 16.0 Å². The third-order valence-electron chi connectivity index (χ3n) is 13.0. The minimum Gasteiger partial charge on any atom is -0.507 e. The molecule has 0 aliphatic heterocycles. The van der Waals surface area contributed by atoms with E-state index in [9.17, 15) is 24.6 Å². The maximum atomic E-state index is 12.8. The number of aromatic hydroxyl groups is 2. The molecule has 0 heterocycles. The van der Waals surface area contributed by atoms with Crippen LogP contribution in [-0.2, 0) is 61.6 Å². The summed E-state index contributed by atoms with van der Waals surface area (Å²) in [7, 11) is 0. The monoisotopic (exact) mass is 1110 g/mol. The highest BCUT2D eigenvalue weighted by molar-refractivity contribution is 5.98. The molecule has 0 atom stereocenters. The van der Waals surface area contributed by atoms with Crippen LogP contribution in [0.4, 0.5) is 14.4 Å². The second-order valence-electron chi connectivity index (χ2n) is 28.2. The highest BCUT2D eigenvalue weighted by Crippen LogP contribution is 2.42. The Kier molecular flexibility index (Phi) is 21.1. The molecular weight excluding hydrogens is 1010 g/mol. The van der Waals surface area contributed by atoms with E-state index >= 15 is 0 Å². The average Bonchev–Trinajstić information content (AvgIpc) is 3.26. The highest BCUT2D eigenvalue weighted by atomic mass is 16.6. The van der Waals surface area contributed by atoms with Gasteiger partial charge in [-0.15, -0.1) is 4.99 Å². The van der Waals surface area contributed by atoms with Crippen LogP contribution in [0.25, 0.3) is 0 Å². The number of carbonyl (C=O) groups is 3. The Morgan fingerprint density at radius 3 is 1.19 bits per heavy atom. The molecule has 0 aliphatic rings. The summed E-state index contributed by atoms with van der Waals surface area (Å²) in [4.78, 5) is 42.5. The van der Waals surface area contributed by atoms with E-state index in [-0.39, 0.29) is 65.4 Å². The highest BCUT2D eigenvalue weighted by Gasteiger charge is 2.28. The van der Waals surface area contributed by atoms with Crippen molar-refractivity contribution in [3.63, 3.8) is 0 Å². The van der Waals surface area contributed by atoms with Gasteiger partial charge in [0, 0.05) is 19.3 Å². The summed E-state index contributed by atoms with van der Waals surface area (Å²) in [5.74, 6) is 1.50. The Hall–Kier alpha value is -6.44. The van der Waals surface area contributed by atoms with Crippen LogP contribution < -0.4 is 25.4 Å².